The van der Waals surface area contributed by atoms with Gasteiger partial charge in [0, 0.05) is 0 Å². The fourth-order valence-corrected chi connectivity index (χ4v) is 3.04. The van der Waals surface area contributed by atoms with Crippen LogP contribution in [-0.2, 0) is 0 Å². The van der Waals surface area contributed by atoms with Crippen LogP contribution in [0.3, 0.4) is 0 Å². The third-order valence-electron chi connectivity index (χ3n) is 3.47. The lowest BCUT2D eigenvalue weighted by Crippen LogP contribution is -2.32. The van der Waals surface area contributed by atoms with E-state index in [1.807, 2.05) is 6.07 Å². The molecule has 2 N–H and O–H groups in total. The zero-order valence-electron chi connectivity index (χ0n) is 9.66. The third-order valence-corrected chi connectivity index (χ3v) is 4.13. The van der Waals surface area contributed by atoms with Crippen molar-refractivity contribution in [3.8, 4) is 0 Å². The molecular formula is C12H19BrN2O. The molecule has 0 spiro atoms. The molecule has 1 aliphatic rings. The summed E-state index contributed by atoms with van der Waals surface area (Å²) in [7, 11) is 2.16. The molecule has 2 atom stereocenters. The molecule has 2 unspecified atom stereocenters. The SMILES string of the molecule is CN1CCCCC(CN)C1c1occc1Br. The molecule has 2 heterocycles. The van der Waals surface area contributed by atoms with Crippen LogP contribution >= 0.6 is 15.9 Å². The van der Waals surface area contributed by atoms with Gasteiger partial charge in [-0.15, -0.1) is 0 Å². The van der Waals surface area contributed by atoms with Crippen molar-refractivity contribution in [3.63, 3.8) is 0 Å². The Hall–Kier alpha value is -0.320. The lowest BCUT2D eigenvalue weighted by Gasteiger charge is -2.30. The molecule has 16 heavy (non-hydrogen) atoms. The van der Waals surface area contributed by atoms with Crippen molar-refractivity contribution in [3.05, 3.63) is 22.6 Å². The molecule has 3 nitrogen and oxygen atoms in total. The van der Waals surface area contributed by atoms with Gasteiger partial charge in [-0.05, 0) is 60.9 Å². The first kappa shape index (κ1) is 12.1. The molecule has 0 amide bonds. The normalized spacial score (nSPS) is 27.9. The summed E-state index contributed by atoms with van der Waals surface area (Å²) in [6.45, 7) is 1.84. The average Bonchev–Trinajstić information content (AvgIpc) is 2.59. The first-order chi connectivity index (χ1) is 7.74. The molecule has 1 aliphatic heterocycles. The molecule has 1 aromatic rings. The van der Waals surface area contributed by atoms with E-state index in [1.165, 1.54) is 19.3 Å². The summed E-state index contributed by atoms with van der Waals surface area (Å²) in [6, 6.07) is 2.28. The molecule has 1 saturated heterocycles. The Labute approximate surface area is 105 Å². The van der Waals surface area contributed by atoms with Gasteiger partial charge in [-0.3, -0.25) is 4.90 Å². The number of halogens is 1. The third kappa shape index (κ3) is 2.34. The van der Waals surface area contributed by atoms with Crippen LogP contribution < -0.4 is 5.73 Å². The van der Waals surface area contributed by atoms with E-state index >= 15 is 0 Å². The Morgan fingerprint density at radius 3 is 3.00 bits per heavy atom. The average molecular weight is 287 g/mol. The topological polar surface area (TPSA) is 42.4 Å². The highest BCUT2D eigenvalue weighted by Crippen LogP contribution is 2.37. The molecule has 90 valence electrons. The predicted molar refractivity (Wildman–Crippen MR) is 68.2 cm³/mol. The van der Waals surface area contributed by atoms with Crippen LogP contribution in [0.5, 0.6) is 0 Å². The summed E-state index contributed by atoms with van der Waals surface area (Å²) < 4.78 is 6.68. The van der Waals surface area contributed by atoms with Crippen molar-refractivity contribution in [1.82, 2.24) is 4.90 Å². The van der Waals surface area contributed by atoms with Gasteiger partial charge < -0.3 is 10.2 Å². The summed E-state index contributed by atoms with van der Waals surface area (Å²) in [5.74, 6) is 1.52. The van der Waals surface area contributed by atoms with E-state index in [4.69, 9.17) is 10.2 Å². The van der Waals surface area contributed by atoms with Crippen LogP contribution in [0.15, 0.2) is 21.2 Å². The summed E-state index contributed by atoms with van der Waals surface area (Å²) in [5, 5.41) is 0. The molecule has 0 radical (unpaired) electrons. The lowest BCUT2D eigenvalue weighted by atomic mass is 9.93. The van der Waals surface area contributed by atoms with Gasteiger partial charge in [0.1, 0.15) is 5.76 Å². The summed E-state index contributed by atoms with van der Waals surface area (Å²) in [5.41, 5.74) is 5.90. The Morgan fingerprint density at radius 1 is 1.56 bits per heavy atom. The minimum atomic E-state index is 0.317. The number of furan rings is 1. The highest BCUT2D eigenvalue weighted by Gasteiger charge is 2.31. The van der Waals surface area contributed by atoms with Gasteiger partial charge >= 0.3 is 0 Å². The van der Waals surface area contributed by atoms with E-state index in [0.717, 1.165) is 23.3 Å². The second-order valence-electron chi connectivity index (χ2n) is 4.55. The van der Waals surface area contributed by atoms with Crippen LogP contribution in [-0.4, -0.2) is 25.0 Å². The standard InChI is InChI=1S/C12H19BrN2O/c1-15-6-3-2-4-9(8-14)11(15)12-10(13)5-7-16-12/h5,7,9,11H,2-4,6,8,14H2,1H3. The van der Waals surface area contributed by atoms with E-state index in [2.05, 4.69) is 27.9 Å². The maximum atomic E-state index is 5.90. The Balaban J connectivity index is 2.29. The van der Waals surface area contributed by atoms with Crippen LogP contribution in [0.2, 0.25) is 0 Å². The molecule has 1 fully saturated rings. The predicted octanol–water partition coefficient (Wildman–Crippen LogP) is 2.77. The number of likely N-dealkylation sites (tertiary alicyclic amines) is 1. The fraction of sp³-hybridized carbons (Fsp3) is 0.667. The lowest BCUT2D eigenvalue weighted by molar-refractivity contribution is 0.168. The molecular weight excluding hydrogens is 268 g/mol. The van der Waals surface area contributed by atoms with Crippen molar-refractivity contribution in [2.75, 3.05) is 20.1 Å². The Bertz CT molecular complexity index is 340. The quantitative estimate of drug-likeness (QED) is 0.909. The monoisotopic (exact) mass is 286 g/mol. The molecule has 4 heteroatoms. The van der Waals surface area contributed by atoms with E-state index < -0.39 is 0 Å². The molecule has 1 aromatic heterocycles. The summed E-state index contributed by atoms with van der Waals surface area (Å²) in [6.07, 6.45) is 5.45. The van der Waals surface area contributed by atoms with Crippen molar-refractivity contribution >= 4 is 15.9 Å². The van der Waals surface area contributed by atoms with Gasteiger partial charge in [-0.25, -0.2) is 0 Å². The number of rotatable bonds is 2. The van der Waals surface area contributed by atoms with E-state index in [9.17, 15) is 0 Å². The van der Waals surface area contributed by atoms with Crippen molar-refractivity contribution < 1.29 is 4.42 Å². The van der Waals surface area contributed by atoms with Crippen LogP contribution in [0.4, 0.5) is 0 Å². The van der Waals surface area contributed by atoms with Gasteiger partial charge in [0.25, 0.3) is 0 Å². The Morgan fingerprint density at radius 2 is 2.38 bits per heavy atom. The largest absolute Gasteiger partial charge is 0.466 e. The zero-order valence-corrected chi connectivity index (χ0v) is 11.2. The van der Waals surface area contributed by atoms with E-state index in [-0.39, 0.29) is 0 Å². The van der Waals surface area contributed by atoms with Gasteiger partial charge in [0.15, 0.2) is 0 Å². The smallest absolute Gasteiger partial charge is 0.135 e. The van der Waals surface area contributed by atoms with Gasteiger partial charge in [0.05, 0.1) is 16.8 Å². The number of nitrogens with two attached hydrogens (primary N) is 1. The molecule has 2 rings (SSSR count). The molecule has 0 saturated carbocycles. The van der Waals surface area contributed by atoms with Crippen molar-refractivity contribution in [2.24, 2.45) is 11.7 Å². The minimum Gasteiger partial charge on any atom is -0.466 e. The van der Waals surface area contributed by atoms with Gasteiger partial charge in [0.2, 0.25) is 0 Å². The number of hydrogen-bond acceptors (Lipinski definition) is 3. The first-order valence-electron chi connectivity index (χ1n) is 5.87. The van der Waals surface area contributed by atoms with Crippen LogP contribution in [0, 0.1) is 5.92 Å². The minimum absolute atomic E-state index is 0.317. The molecule has 0 aromatic carbocycles. The first-order valence-corrected chi connectivity index (χ1v) is 6.66. The van der Waals surface area contributed by atoms with Gasteiger partial charge in [-0.2, -0.15) is 0 Å². The maximum Gasteiger partial charge on any atom is 0.135 e. The van der Waals surface area contributed by atoms with Crippen LogP contribution in [0.25, 0.3) is 0 Å². The highest BCUT2D eigenvalue weighted by atomic mass is 79.9. The van der Waals surface area contributed by atoms with E-state index in [1.54, 1.807) is 6.26 Å². The maximum absolute atomic E-state index is 5.90. The van der Waals surface area contributed by atoms with Gasteiger partial charge in [-0.1, -0.05) is 6.42 Å². The Kier molecular flexibility index (Phi) is 4.05. The second-order valence-corrected chi connectivity index (χ2v) is 5.40. The number of hydrogen-bond donors (Lipinski definition) is 1. The van der Waals surface area contributed by atoms with Crippen molar-refractivity contribution in [1.29, 1.82) is 0 Å². The highest BCUT2D eigenvalue weighted by molar-refractivity contribution is 9.10. The molecule has 0 bridgehead atoms. The molecule has 0 aliphatic carbocycles. The van der Waals surface area contributed by atoms with Crippen LogP contribution in [0.1, 0.15) is 31.1 Å². The van der Waals surface area contributed by atoms with E-state index in [0.29, 0.717) is 12.0 Å². The number of nitrogens with zero attached hydrogens (tertiary/aromatic N) is 1. The van der Waals surface area contributed by atoms with Crippen molar-refractivity contribution in [2.45, 2.75) is 25.3 Å². The summed E-state index contributed by atoms with van der Waals surface area (Å²) >= 11 is 3.55. The fourth-order valence-electron chi connectivity index (χ4n) is 2.60. The zero-order chi connectivity index (χ0) is 11.5. The second kappa shape index (κ2) is 5.34. The summed E-state index contributed by atoms with van der Waals surface area (Å²) in [4.78, 5) is 2.37.